The van der Waals surface area contributed by atoms with Crippen LogP contribution in [0, 0.1) is 3.57 Å². The summed E-state index contributed by atoms with van der Waals surface area (Å²) in [5, 5.41) is 0. The molecule has 0 radical (unpaired) electrons. The SMILES string of the molecule is O=C1OC2(c3ccccc3Oc3ccccc32)c2cccc(I)c21. The van der Waals surface area contributed by atoms with Gasteiger partial charge in [0, 0.05) is 20.3 Å². The third-order valence-corrected chi connectivity index (χ3v) is 5.49. The topological polar surface area (TPSA) is 35.5 Å². The average Bonchev–Trinajstić information content (AvgIpc) is 2.90. The lowest BCUT2D eigenvalue weighted by molar-refractivity contribution is 0.0224. The van der Waals surface area contributed by atoms with Crippen LogP contribution in [0.2, 0.25) is 0 Å². The number of carbonyl (C=O) groups is 1. The first kappa shape index (κ1) is 14.0. The van der Waals surface area contributed by atoms with Crippen LogP contribution < -0.4 is 4.74 Å². The van der Waals surface area contributed by atoms with Crippen molar-refractivity contribution in [1.82, 2.24) is 0 Å². The van der Waals surface area contributed by atoms with Gasteiger partial charge in [-0.05, 0) is 40.8 Å². The Morgan fingerprint density at radius 3 is 2.00 bits per heavy atom. The monoisotopic (exact) mass is 426 g/mol. The maximum atomic E-state index is 12.7. The summed E-state index contributed by atoms with van der Waals surface area (Å²) in [7, 11) is 0. The number of benzene rings is 3. The number of fused-ring (bicyclic) bond motifs is 6. The molecule has 0 amide bonds. The highest BCUT2D eigenvalue weighted by Crippen LogP contribution is 2.56. The predicted molar refractivity (Wildman–Crippen MR) is 97.4 cm³/mol. The molecule has 2 heterocycles. The molecule has 0 unspecified atom stereocenters. The van der Waals surface area contributed by atoms with Crippen LogP contribution in [-0.4, -0.2) is 5.97 Å². The fraction of sp³-hybridized carbons (Fsp3) is 0.0500. The zero-order valence-corrected chi connectivity index (χ0v) is 14.6. The largest absolute Gasteiger partial charge is 0.456 e. The van der Waals surface area contributed by atoms with E-state index in [1.807, 2.05) is 66.7 Å². The van der Waals surface area contributed by atoms with Gasteiger partial charge in [0.05, 0.1) is 5.56 Å². The van der Waals surface area contributed by atoms with Crippen LogP contribution in [0.1, 0.15) is 27.0 Å². The van der Waals surface area contributed by atoms with E-state index in [0.29, 0.717) is 5.56 Å². The lowest BCUT2D eigenvalue weighted by atomic mass is 9.78. The molecule has 0 saturated carbocycles. The van der Waals surface area contributed by atoms with Crippen LogP contribution in [0.25, 0.3) is 0 Å². The molecule has 3 aromatic carbocycles. The molecule has 116 valence electrons. The molecule has 3 nitrogen and oxygen atoms in total. The number of hydrogen-bond donors (Lipinski definition) is 0. The van der Waals surface area contributed by atoms with Gasteiger partial charge in [-0.15, -0.1) is 0 Å². The molecule has 0 N–H and O–H groups in total. The van der Waals surface area contributed by atoms with Crippen molar-refractivity contribution < 1.29 is 14.3 Å². The van der Waals surface area contributed by atoms with Crippen molar-refractivity contribution in [2.75, 3.05) is 0 Å². The van der Waals surface area contributed by atoms with E-state index in [-0.39, 0.29) is 5.97 Å². The lowest BCUT2D eigenvalue weighted by Crippen LogP contribution is -2.32. The molecule has 0 saturated heterocycles. The number of carbonyl (C=O) groups excluding carboxylic acids is 1. The van der Waals surface area contributed by atoms with Gasteiger partial charge in [0.1, 0.15) is 11.5 Å². The predicted octanol–water partition coefficient (Wildman–Crippen LogP) is 4.86. The van der Waals surface area contributed by atoms with Gasteiger partial charge in [-0.3, -0.25) is 0 Å². The Balaban J connectivity index is 1.94. The maximum absolute atomic E-state index is 12.7. The minimum absolute atomic E-state index is 0.290. The molecular formula is C20H11IO3. The van der Waals surface area contributed by atoms with Crippen molar-refractivity contribution in [2.24, 2.45) is 0 Å². The second-order valence-electron chi connectivity index (χ2n) is 5.83. The van der Waals surface area contributed by atoms with Crippen LogP contribution in [0.5, 0.6) is 11.5 Å². The second-order valence-corrected chi connectivity index (χ2v) is 6.99. The van der Waals surface area contributed by atoms with Crippen LogP contribution in [0.15, 0.2) is 66.7 Å². The highest BCUT2D eigenvalue weighted by Gasteiger charge is 2.53. The standard InChI is InChI=1S/C20H11IO3/c21-15-9-5-8-14-18(15)19(22)24-20(14)12-6-1-3-10-16(12)23-17-11-4-2-7-13(17)20/h1-11H. The van der Waals surface area contributed by atoms with Crippen LogP contribution in [0.4, 0.5) is 0 Å². The molecule has 0 fully saturated rings. The first-order chi connectivity index (χ1) is 11.7. The molecule has 4 heteroatoms. The van der Waals surface area contributed by atoms with Crippen molar-refractivity contribution in [3.05, 3.63) is 92.6 Å². The van der Waals surface area contributed by atoms with Gasteiger partial charge >= 0.3 is 5.97 Å². The number of para-hydroxylation sites is 2. The van der Waals surface area contributed by atoms with Gasteiger partial charge in [-0.25, -0.2) is 4.79 Å². The third kappa shape index (κ3) is 1.64. The molecule has 5 rings (SSSR count). The fourth-order valence-corrected chi connectivity index (χ4v) is 4.35. The number of esters is 1. The smallest absolute Gasteiger partial charge is 0.341 e. The Morgan fingerprint density at radius 1 is 0.750 bits per heavy atom. The van der Waals surface area contributed by atoms with Gasteiger partial charge in [-0.1, -0.05) is 48.5 Å². The molecule has 2 aliphatic rings. The van der Waals surface area contributed by atoms with Crippen molar-refractivity contribution in [3.8, 4) is 11.5 Å². The number of rotatable bonds is 0. The average molecular weight is 426 g/mol. The molecule has 0 aliphatic carbocycles. The Hall–Kier alpha value is -2.34. The molecule has 0 aromatic heterocycles. The van der Waals surface area contributed by atoms with Crippen molar-refractivity contribution in [3.63, 3.8) is 0 Å². The number of halogens is 1. The van der Waals surface area contributed by atoms with E-state index >= 15 is 0 Å². The van der Waals surface area contributed by atoms with Gasteiger partial charge in [0.25, 0.3) is 0 Å². The zero-order valence-electron chi connectivity index (χ0n) is 12.5. The maximum Gasteiger partial charge on any atom is 0.341 e. The fourth-order valence-electron chi connectivity index (χ4n) is 3.63. The van der Waals surface area contributed by atoms with Crippen molar-refractivity contribution in [2.45, 2.75) is 5.60 Å². The summed E-state index contributed by atoms with van der Waals surface area (Å²) in [6, 6.07) is 21.3. The van der Waals surface area contributed by atoms with E-state index in [1.54, 1.807) is 0 Å². The Bertz CT molecular complexity index is 964. The van der Waals surface area contributed by atoms with Gasteiger partial charge in [-0.2, -0.15) is 0 Å². The quantitative estimate of drug-likeness (QED) is 0.381. The summed E-state index contributed by atoms with van der Waals surface area (Å²) >= 11 is 2.19. The Labute approximate surface area is 152 Å². The van der Waals surface area contributed by atoms with E-state index < -0.39 is 5.60 Å². The Kier molecular flexibility index (Phi) is 2.83. The molecule has 1 spiro atoms. The summed E-state index contributed by atoms with van der Waals surface area (Å²) in [6.45, 7) is 0. The van der Waals surface area contributed by atoms with Gasteiger partial charge in [0.15, 0.2) is 5.60 Å². The molecular weight excluding hydrogens is 415 g/mol. The summed E-state index contributed by atoms with van der Waals surface area (Å²) in [6.07, 6.45) is 0. The first-order valence-electron chi connectivity index (χ1n) is 7.61. The minimum atomic E-state index is -0.945. The van der Waals surface area contributed by atoms with Gasteiger partial charge < -0.3 is 9.47 Å². The van der Waals surface area contributed by atoms with Crippen LogP contribution in [0.3, 0.4) is 0 Å². The normalized spacial score (nSPS) is 16.0. The van der Waals surface area contributed by atoms with E-state index in [4.69, 9.17) is 9.47 Å². The molecule has 24 heavy (non-hydrogen) atoms. The van der Waals surface area contributed by atoms with Crippen LogP contribution >= 0.6 is 22.6 Å². The van der Waals surface area contributed by atoms with Gasteiger partial charge in [0.2, 0.25) is 0 Å². The van der Waals surface area contributed by atoms with Crippen LogP contribution in [-0.2, 0) is 10.3 Å². The summed E-state index contributed by atoms with van der Waals surface area (Å²) in [4.78, 5) is 12.7. The van der Waals surface area contributed by atoms with E-state index in [0.717, 1.165) is 31.8 Å². The minimum Gasteiger partial charge on any atom is -0.456 e. The van der Waals surface area contributed by atoms with Crippen molar-refractivity contribution >= 4 is 28.6 Å². The number of ether oxygens (including phenoxy) is 2. The first-order valence-corrected chi connectivity index (χ1v) is 8.69. The van der Waals surface area contributed by atoms with E-state index in [2.05, 4.69) is 22.6 Å². The molecule has 0 atom stereocenters. The van der Waals surface area contributed by atoms with Crippen molar-refractivity contribution in [1.29, 1.82) is 0 Å². The lowest BCUT2D eigenvalue weighted by Gasteiger charge is -2.36. The second kappa shape index (κ2) is 4.83. The summed E-state index contributed by atoms with van der Waals surface area (Å²) < 4.78 is 13.0. The Morgan fingerprint density at radius 2 is 1.33 bits per heavy atom. The molecule has 3 aromatic rings. The highest BCUT2D eigenvalue weighted by molar-refractivity contribution is 14.1. The van der Waals surface area contributed by atoms with E-state index in [1.165, 1.54) is 0 Å². The third-order valence-electron chi connectivity index (χ3n) is 4.60. The molecule has 0 bridgehead atoms. The molecule has 2 aliphatic heterocycles. The highest BCUT2D eigenvalue weighted by atomic mass is 127. The zero-order chi connectivity index (χ0) is 16.3. The summed E-state index contributed by atoms with van der Waals surface area (Å²) in [5.41, 5.74) is 2.29. The number of hydrogen-bond acceptors (Lipinski definition) is 3. The van der Waals surface area contributed by atoms with E-state index in [9.17, 15) is 4.79 Å². The summed E-state index contributed by atoms with van der Waals surface area (Å²) in [5.74, 6) is 1.15.